The van der Waals surface area contributed by atoms with Gasteiger partial charge in [-0.15, -0.1) is 0 Å². The molecule has 0 aliphatic carbocycles. The van der Waals surface area contributed by atoms with Crippen LogP contribution in [0.5, 0.6) is 0 Å². The maximum atomic E-state index is 11.4. The van der Waals surface area contributed by atoms with Crippen molar-refractivity contribution >= 4 is 21.7 Å². The van der Waals surface area contributed by atoms with E-state index in [1.807, 2.05) is 0 Å². The zero-order chi connectivity index (χ0) is 12.3. The normalized spacial score (nSPS) is 23.9. The Morgan fingerprint density at radius 2 is 2.12 bits per heavy atom. The Hall–Kier alpha value is -1.41. The van der Waals surface area contributed by atoms with Gasteiger partial charge in [-0.25, -0.2) is 8.42 Å². The van der Waals surface area contributed by atoms with E-state index in [4.69, 9.17) is 11.5 Å². The first-order chi connectivity index (χ1) is 7.30. The van der Waals surface area contributed by atoms with Crippen LogP contribution in [0.15, 0.2) is 11.5 Å². The molecule has 2 amide bonds. The van der Waals surface area contributed by atoms with Crippen molar-refractivity contribution in [2.24, 2.45) is 11.5 Å². The second-order valence-corrected chi connectivity index (χ2v) is 5.48. The maximum Gasteiger partial charge on any atom is 0.237 e. The average molecular weight is 247 g/mol. The van der Waals surface area contributed by atoms with E-state index in [-0.39, 0.29) is 12.2 Å². The van der Waals surface area contributed by atoms with Crippen LogP contribution in [-0.4, -0.2) is 38.1 Å². The third kappa shape index (κ3) is 3.63. The number of hydrogen-bond donors (Lipinski definition) is 3. The van der Waals surface area contributed by atoms with E-state index < -0.39 is 33.7 Å². The van der Waals surface area contributed by atoms with Crippen LogP contribution in [0.4, 0.5) is 0 Å². The van der Waals surface area contributed by atoms with Gasteiger partial charge in [0.05, 0.1) is 24.3 Å². The van der Waals surface area contributed by atoms with E-state index in [0.29, 0.717) is 0 Å². The van der Waals surface area contributed by atoms with Crippen LogP contribution in [-0.2, 0) is 19.4 Å². The van der Waals surface area contributed by atoms with Gasteiger partial charge in [0.25, 0.3) is 0 Å². The fourth-order valence-corrected chi connectivity index (χ4v) is 2.50. The molecule has 5 N–H and O–H groups in total. The van der Waals surface area contributed by atoms with Crippen molar-refractivity contribution in [3.05, 3.63) is 11.5 Å². The number of rotatable bonds is 4. The molecule has 0 radical (unpaired) electrons. The molecule has 0 spiro atoms. The van der Waals surface area contributed by atoms with Crippen LogP contribution in [0.2, 0.25) is 0 Å². The fraction of sp³-hybridized carbons (Fsp3) is 0.500. The molecular formula is C8H13N3O4S. The van der Waals surface area contributed by atoms with E-state index in [1.54, 1.807) is 0 Å². The van der Waals surface area contributed by atoms with Crippen molar-refractivity contribution in [3.63, 3.8) is 0 Å². The summed E-state index contributed by atoms with van der Waals surface area (Å²) >= 11 is 0. The predicted octanol–water partition coefficient (Wildman–Crippen LogP) is -2.38. The van der Waals surface area contributed by atoms with Gasteiger partial charge in [-0.05, 0) is 6.08 Å². The van der Waals surface area contributed by atoms with Crippen molar-refractivity contribution in [1.82, 2.24) is 5.32 Å². The van der Waals surface area contributed by atoms with Gasteiger partial charge in [-0.1, -0.05) is 0 Å². The summed E-state index contributed by atoms with van der Waals surface area (Å²) in [5, 5.41) is 3.44. The Bertz CT molecular complexity index is 429. The zero-order valence-corrected chi connectivity index (χ0v) is 9.24. The third-order valence-electron chi connectivity index (χ3n) is 2.02. The van der Waals surface area contributed by atoms with Crippen LogP contribution in [0, 0.1) is 0 Å². The van der Waals surface area contributed by atoms with Gasteiger partial charge in [0.15, 0.2) is 9.84 Å². The van der Waals surface area contributed by atoms with Gasteiger partial charge >= 0.3 is 0 Å². The molecule has 1 heterocycles. The van der Waals surface area contributed by atoms with Crippen molar-refractivity contribution < 1.29 is 18.0 Å². The van der Waals surface area contributed by atoms with E-state index in [2.05, 4.69) is 5.32 Å². The standard InChI is InChI=1S/C8H13N3O4S/c9-6(3-7(10)12)8(13)11-5-1-2-16(14,15)4-5/h1-2,5-6H,3-4,9H2,(H2,10,12)(H,11,13). The van der Waals surface area contributed by atoms with Crippen molar-refractivity contribution in [1.29, 1.82) is 0 Å². The maximum absolute atomic E-state index is 11.4. The SMILES string of the molecule is NC(=O)CC(N)C(=O)NC1C=CS(=O)(=O)C1. The van der Waals surface area contributed by atoms with Crippen LogP contribution < -0.4 is 16.8 Å². The Labute approximate surface area is 92.8 Å². The minimum atomic E-state index is -3.22. The molecule has 0 aromatic carbocycles. The van der Waals surface area contributed by atoms with Gasteiger partial charge in [0, 0.05) is 5.41 Å². The summed E-state index contributed by atoms with van der Waals surface area (Å²) in [6, 6.07) is -1.63. The molecule has 1 rings (SSSR count). The molecule has 0 aromatic heterocycles. The molecule has 2 unspecified atom stereocenters. The molecule has 0 fully saturated rings. The fourth-order valence-electron chi connectivity index (χ4n) is 1.26. The molecule has 0 aromatic rings. The smallest absolute Gasteiger partial charge is 0.237 e. The van der Waals surface area contributed by atoms with Crippen molar-refractivity contribution in [2.75, 3.05) is 5.75 Å². The largest absolute Gasteiger partial charge is 0.370 e. The first-order valence-corrected chi connectivity index (χ1v) is 6.27. The lowest BCUT2D eigenvalue weighted by molar-refractivity contribution is -0.126. The molecule has 0 saturated carbocycles. The Balaban J connectivity index is 2.48. The van der Waals surface area contributed by atoms with E-state index in [1.165, 1.54) is 6.08 Å². The van der Waals surface area contributed by atoms with Gasteiger partial charge in [0.1, 0.15) is 0 Å². The Kier molecular flexibility index (Phi) is 3.66. The second kappa shape index (κ2) is 4.62. The van der Waals surface area contributed by atoms with Gasteiger partial charge < -0.3 is 16.8 Å². The number of carbonyl (C=O) groups excluding carboxylic acids is 2. The van der Waals surface area contributed by atoms with Crippen LogP contribution in [0.25, 0.3) is 0 Å². The Morgan fingerprint density at radius 3 is 2.56 bits per heavy atom. The lowest BCUT2D eigenvalue weighted by atomic mass is 10.2. The monoisotopic (exact) mass is 247 g/mol. The number of sulfone groups is 1. The topological polar surface area (TPSA) is 132 Å². The summed E-state index contributed by atoms with van der Waals surface area (Å²) in [6.45, 7) is 0. The summed E-state index contributed by atoms with van der Waals surface area (Å²) in [5.74, 6) is -1.45. The van der Waals surface area contributed by atoms with E-state index in [0.717, 1.165) is 5.41 Å². The highest BCUT2D eigenvalue weighted by molar-refractivity contribution is 7.94. The third-order valence-corrected chi connectivity index (χ3v) is 3.41. The van der Waals surface area contributed by atoms with Crippen LogP contribution >= 0.6 is 0 Å². The lowest BCUT2D eigenvalue weighted by Crippen LogP contribution is -2.47. The van der Waals surface area contributed by atoms with Gasteiger partial charge in [-0.2, -0.15) is 0 Å². The van der Waals surface area contributed by atoms with Crippen LogP contribution in [0.3, 0.4) is 0 Å². The second-order valence-electron chi connectivity index (χ2n) is 3.55. The number of amides is 2. The molecule has 1 aliphatic rings. The van der Waals surface area contributed by atoms with Crippen molar-refractivity contribution in [3.8, 4) is 0 Å². The highest BCUT2D eigenvalue weighted by atomic mass is 32.2. The summed E-state index contributed by atoms with van der Waals surface area (Å²) in [7, 11) is -3.22. The molecule has 16 heavy (non-hydrogen) atoms. The van der Waals surface area contributed by atoms with Crippen molar-refractivity contribution in [2.45, 2.75) is 18.5 Å². The summed E-state index contributed by atoms with van der Waals surface area (Å²) in [5.41, 5.74) is 10.3. The lowest BCUT2D eigenvalue weighted by Gasteiger charge is -2.13. The number of nitrogens with one attached hydrogen (secondary N) is 1. The van der Waals surface area contributed by atoms with Crippen LogP contribution in [0.1, 0.15) is 6.42 Å². The van der Waals surface area contributed by atoms with E-state index >= 15 is 0 Å². The minimum absolute atomic E-state index is 0.179. The molecule has 90 valence electrons. The first-order valence-electron chi connectivity index (χ1n) is 4.55. The first kappa shape index (κ1) is 12.7. The molecule has 7 nitrogen and oxygen atoms in total. The molecule has 1 aliphatic heterocycles. The summed E-state index contributed by atoms with van der Waals surface area (Å²) < 4.78 is 22.1. The quantitative estimate of drug-likeness (QED) is 0.510. The Morgan fingerprint density at radius 1 is 1.50 bits per heavy atom. The molecule has 0 bridgehead atoms. The minimum Gasteiger partial charge on any atom is -0.370 e. The molecule has 0 saturated heterocycles. The number of nitrogens with two attached hydrogens (primary N) is 2. The molecule has 8 heteroatoms. The summed E-state index contributed by atoms with van der Waals surface area (Å²) in [6.07, 6.45) is 1.10. The summed E-state index contributed by atoms with van der Waals surface area (Å²) in [4.78, 5) is 21.9. The molecule has 2 atom stereocenters. The highest BCUT2D eigenvalue weighted by Gasteiger charge is 2.25. The van der Waals surface area contributed by atoms with E-state index in [9.17, 15) is 18.0 Å². The highest BCUT2D eigenvalue weighted by Crippen LogP contribution is 2.07. The van der Waals surface area contributed by atoms with Gasteiger partial charge in [0.2, 0.25) is 11.8 Å². The van der Waals surface area contributed by atoms with Gasteiger partial charge in [-0.3, -0.25) is 9.59 Å². The number of hydrogen-bond acceptors (Lipinski definition) is 5. The molecular weight excluding hydrogens is 234 g/mol. The average Bonchev–Trinajstić information content (AvgIpc) is 2.44. The number of primary amides is 1. The predicted molar refractivity (Wildman–Crippen MR) is 56.6 cm³/mol. The number of carbonyl (C=O) groups is 2. The zero-order valence-electron chi connectivity index (χ0n) is 8.42.